The maximum atomic E-state index is 6.15. The predicted octanol–water partition coefficient (Wildman–Crippen LogP) is 2.59. The lowest BCUT2D eigenvalue weighted by atomic mass is 10.1. The van der Waals surface area contributed by atoms with Crippen molar-refractivity contribution in [1.29, 1.82) is 0 Å². The third-order valence-corrected chi connectivity index (χ3v) is 3.68. The topological polar surface area (TPSA) is 41.1 Å². The lowest BCUT2D eigenvalue weighted by Crippen LogP contribution is -2.40. The summed E-state index contributed by atoms with van der Waals surface area (Å²) in [5, 5.41) is 4.11. The standard InChI is InChI=1S/C13H21ClN4/c1-3-5-11-12(14)15-9-16-13(11)17-10-6-4-7-18(2)8-10/h9-10H,3-8H2,1-2H3,(H,15,16,17). The van der Waals surface area contributed by atoms with Gasteiger partial charge in [-0.25, -0.2) is 9.97 Å². The molecule has 0 spiro atoms. The van der Waals surface area contributed by atoms with E-state index < -0.39 is 0 Å². The Bertz CT molecular complexity index is 397. The maximum Gasteiger partial charge on any atom is 0.137 e. The minimum Gasteiger partial charge on any atom is -0.366 e. The summed E-state index contributed by atoms with van der Waals surface area (Å²) in [5.74, 6) is 0.914. The number of likely N-dealkylation sites (N-methyl/N-ethyl adjacent to an activating group) is 1. The molecule has 1 aliphatic heterocycles. The highest BCUT2D eigenvalue weighted by molar-refractivity contribution is 6.30. The van der Waals surface area contributed by atoms with Crippen LogP contribution in [0.2, 0.25) is 5.15 Å². The number of hydrogen-bond donors (Lipinski definition) is 1. The Morgan fingerprint density at radius 1 is 1.50 bits per heavy atom. The molecule has 0 amide bonds. The molecule has 1 N–H and O–H groups in total. The van der Waals surface area contributed by atoms with Crippen molar-refractivity contribution in [2.45, 2.75) is 38.6 Å². The van der Waals surface area contributed by atoms with Gasteiger partial charge in [0.15, 0.2) is 0 Å². The van der Waals surface area contributed by atoms with Crippen LogP contribution in [0.15, 0.2) is 6.33 Å². The van der Waals surface area contributed by atoms with E-state index in [1.54, 1.807) is 0 Å². The first-order valence-electron chi connectivity index (χ1n) is 6.65. The van der Waals surface area contributed by atoms with E-state index in [9.17, 15) is 0 Å². The molecule has 1 saturated heterocycles. The van der Waals surface area contributed by atoms with Crippen LogP contribution in [-0.2, 0) is 6.42 Å². The van der Waals surface area contributed by atoms with Crippen LogP contribution in [0.3, 0.4) is 0 Å². The van der Waals surface area contributed by atoms with Gasteiger partial charge in [-0.2, -0.15) is 0 Å². The van der Waals surface area contributed by atoms with E-state index in [0.717, 1.165) is 30.8 Å². The van der Waals surface area contributed by atoms with Crippen molar-refractivity contribution in [2.75, 3.05) is 25.5 Å². The zero-order chi connectivity index (χ0) is 13.0. The molecule has 2 rings (SSSR count). The van der Waals surface area contributed by atoms with Gasteiger partial charge in [0, 0.05) is 18.2 Å². The lowest BCUT2D eigenvalue weighted by molar-refractivity contribution is 0.260. The van der Waals surface area contributed by atoms with Gasteiger partial charge in [0.05, 0.1) is 0 Å². The second kappa shape index (κ2) is 6.34. The Hall–Kier alpha value is -0.870. The molecule has 0 radical (unpaired) electrons. The van der Waals surface area contributed by atoms with Gasteiger partial charge in [0.25, 0.3) is 0 Å². The number of rotatable bonds is 4. The van der Waals surface area contributed by atoms with Gasteiger partial charge in [-0.05, 0) is 32.9 Å². The van der Waals surface area contributed by atoms with Crippen LogP contribution < -0.4 is 5.32 Å². The summed E-state index contributed by atoms with van der Waals surface area (Å²) < 4.78 is 0. The Morgan fingerprint density at radius 2 is 2.33 bits per heavy atom. The van der Waals surface area contributed by atoms with E-state index in [1.165, 1.54) is 25.7 Å². The normalized spacial score (nSPS) is 20.9. The minimum absolute atomic E-state index is 0.463. The van der Waals surface area contributed by atoms with Crippen molar-refractivity contribution in [3.8, 4) is 0 Å². The molecule has 1 aliphatic rings. The SMILES string of the molecule is CCCc1c(Cl)ncnc1NC1CCCN(C)C1. The highest BCUT2D eigenvalue weighted by atomic mass is 35.5. The zero-order valence-electron chi connectivity index (χ0n) is 11.1. The van der Waals surface area contributed by atoms with Crippen LogP contribution in [-0.4, -0.2) is 41.0 Å². The molecule has 18 heavy (non-hydrogen) atoms. The van der Waals surface area contributed by atoms with E-state index in [-0.39, 0.29) is 0 Å². The number of aromatic nitrogens is 2. The van der Waals surface area contributed by atoms with E-state index in [0.29, 0.717) is 11.2 Å². The first-order valence-corrected chi connectivity index (χ1v) is 7.03. The number of hydrogen-bond acceptors (Lipinski definition) is 4. The van der Waals surface area contributed by atoms with Crippen molar-refractivity contribution in [2.24, 2.45) is 0 Å². The van der Waals surface area contributed by atoms with Gasteiger partial charge in [0.2, 0.25) is 0 Å². The van der Waals surface area contributed by atoms with Crippen molar-refractivity contribution in [3.63, 3.8) is 0 Å². The van der Waals surface area contributed by atoms with Crippen LogP contribution >= 0.6 is 11.6 Å². The quantitative estimate of drug-likeness (QED) is 0.853. The Morgan fingerprint density at radius 3 is 3.06 bits per heavy atom. The van der Waals surface area contributed by atoms with Crippen molar-refractivity contribution >= 4 is 17.4 Å². The van der Waals surface area contributed by atoms with E-state index >= 15 is 0 Å². The summed E-state index contributed by atoms with van der Waals surface area (Å²) in [6.07, 6.45) is 5.93. The lowest BCUT2D eigenvalue weighted by Gasteiger charge is -2.31. The van der Waals surface area contributed by atoms with Gasteiger partial charge in [0.1, 0.15) is 17.3 Å². The third-order valence-electron chi connectivity index (χ3n) is 3.36. The summed E-state index contributed by atoms with van der Waals surface area (Å²) in [5.41, 5.74) is 1.05. The first kappa shape index (κ1) is 13.6. The van der Waals surface area contributed by atoms with Gasteiger partial charge in [-0.3, -0.25) is 0 Å². The molecule has 1 unspecified atom stereocenters. The summed E-state index contributed by atoms with van der Waals surface area (Å²) in [6, 6.07) is 0.463. The third kappa shape index (κ3) is 3.33. The maximum absolute atomic E-state index is 6.15. The van der Waals surface area contributed by atoms with Crippen molar-refractivity contribution < 1.29 is 0 Å². The van der Waals surface area contributed by atoms with Gasteiger partial charge in [-0.1, -0.05) is 24.9 Å². The van der Waals surface area contributed by atoms with Crippen LogP contribution in [0.5, 0.6) is 0 Å². The number of piperidine rings is 1. The monoisotopic (exact) mass is 268 g/mol. The highest BCUT2D eigenvalue weighted by Crippen LogP contribution is 2.23. The number of likely N-dealkylation sites (tertiary alicyclic amines) is 1. The van der Waals surface area contributed by atoms with Gasteiger partial charge in [-0.15, -0.1) is 0 Å². The number of nitrogens with one attached hydrogen (secondary N) is 1. The van der Waals surface area contributed by atoms with Gasteiger partial charge < -0.3 is 10.2 Å². The second-order valence-electron chi connectivity index (χ2n) is 4.99. The van der Waals surface area contributed by atoms with Crippen LogP contribution in [0, 0.1) is 0 Å². The molecule has 0 aliphatic carbocycles. The summed E-state index contributed by atoms with van der Waals surface area (Å²) in [7, 11) is 2.16. The fourth-order valence-electron chi connectivity index (χ4n) is 2.46. The molecule has 4 nitrogen and oxygen atoms in total. The van der Waals surface area contributed by atoms with Crippen molar-refractivity contribution in [1.82, 2.24) is 14.9 Å². The highest BCUT2D eigenvalue weighted by Gasteiger charge is 2.19. The minimum atomic E-state index is 0.463. The smallest absolute Gasteiger partial charge is 0.137 e. The zero-order valence-corrected chi connectivity index (χ0v) is 11.9. The number of anilines is 1. The molecular formula is C13H21ClN4. The van der Waals surface area contributed by atoms with Gasteiger partial charge >= 0.3 is 0 Å². The average molecular weight is 269 g/mol. The second-order valence-corrected chi connectivity index (χ2v) is 5.35. The van der Waals surface area contributed by atoms with E-state index in [1.807, 2.05) is 0 Å². The molecule has 1 aromatic heterocycles. The molecule has 0 aromatic carbocycles. The first-order chi connectivity index (χ1) is 8.70. The Labute approximate surface area is 114 Å². The largest absolute Gasteiger partial charge is 0.366 e. The van der Waals surface area contributed by atoms with Crippen LogP contribution in [0.25, 0.3) is 0 Å². The fourth-order valence-corrected chi connectivity index (χ4v) is 2.69. The van der Waals surface area contributed by atoms with Crippen LogP contribution in [0.4, 0.5) is 5.82 Å². The molecule has 1 fully saturated rings. The molecule has 100 valence electrons. The molecule has 1 aromatic rings. The fraction of sp³-hybridized carbons (Fsp3) is 0.692. The molecule has 0 saturated carbocycles. The average Bonchev–Trinajstić information content (AvgIpc) is 2.34. The number of halogens is 1. The summed E-state index contributed by atoms with van der Waals surface area (Å²) in [4.78, 5) is 10.8. The number of nitrogens with zero attached hydrogens (tertiary/aromatic N) is 3. The Kier molecular flexibility index (Phi) is 4.78. The molecule has 2 heterocycles. The molecular weight excluding hydrogens is 248 g/mol. The molecule has 1 atom stereocenters. The summed E-state index contributed by atoms with van der Waals surface area (Å²) in [6.45, 7) is 4.39. The van der Waals surface area contributed by atoms with E-state index in [2.05, 4.69) is 34.2 Å². The molecule has 0 bridgehead atoms. The predicted molar refractivity (Wildman–Crippen MR) is 75.2 cm³/mol. The van der Waals surface area contributed by atoms with Crippen molar-refractivity contribution in [3.05, 3.63) is 17.0 Å². The van der Waals surface area contributed by atoms with E-state index in [4.69, 9.17) is 11.6 Å². The van der Waals surface area contributed by atoms with Crippen LogP contribution in [0.1, 0.15) is 31.7 Å². The molecule has 5 heteroatoms. The Balaban J connectivity index is 2.10. The summed E-state index contributed by atoms with van der Waals surface area (Å²) >= 11 is 6.15.